The average Bonchev–Trinajstić information content (AvgIpc) is 2.97. The Labute approximate surface area is 154 Å². The van der Waals surface area contributed by atoms with Crippen LogP contribution >= 0.6 is 0 Å². The first kappa shape index (κ1) is 18.6. The first-order chi connectivity index (χ1) is 12.9. The van der Waals surface area contributed by atoms with E-state index in [4.69, 9.17) is 4.74 Å². The van der Waals surface area contributed by atoms with Gasteiger partial charge in [-0.15, -0.1) is 0 Å². The SMILES string of the molecule is COc1cc(F)c([C@@H]2CNC(=O)[C@H]2NC(=O)Nc2ccc(C)cn2)c(F)c1. The van der Waals surface area contributed by atoms with Crippen molar-refractivity contribution in [3.63, 3.8) is 0 Å². The van der Waals surface area contributed by atoms with E-state index in [1.165, 1.54) is 7.11 Å². The van der Waals surface area contributed by atoms with Crippen LogP contribution in [-0.4, -0.2) is 36.6 Å². The highest BCUT2D eigenvalue weighted by molar-refractivity contribution is 5.94. The molecule has 1 fully saturated rings. The second kappa shape index (κ2) is 7.56. The normalized spacial score (nSPS) is 18.7. The maximum atomic E-state index is 14.4. The van der Waals surface area contributed by atoms with Crippen LogP contribution in [0.3, 0.4) is 0 Å². The fourth-order valence-corrected chi connectivity index (χ4v) is 2.92. The van der Waals surface area contributed by atoms with Crippen molar-refractivity contribution >= 4 is 17.8 Å². The summed E-state index contributed by atoms with van der Waals surface area (Å²) in [5.41, 5.74) is 0.634. The monoisotopic (exact) mass is 376 g/mol. The molecule has 0 saturated carbocycles. The molecule has 142 valence electrons. The quantitative estimate of drug-likeness (QED) is 0.762. The smallest absolute Gasteiger partial charge is 0.321 e. The number of hydrogen-bond donors (Lipinski definition) is 3. The number of carbonyl (C=O) groups is 2. The zero-order valence-corrected chi connectivity index (χ0v) is 14.7. The molecule has 7 nitrogen and oxygen atoms in total. The summed E-state index contributed by atoms with van der Waals surface area (Å²) < 4.78 is 33.6. The number of benzene rings is 1. The Morgan fingerprint density at radius 1 is 1.30 bits per heavy atom. The minimum absolute atomic E-state index is 0.00721. The van der Waals surface area contributed by atoms with Gasteiger partial charge in [0.05, 0.1) is 7.11 Å². The lowest BCUT2D eigenvalue weighted by molar-refractivity contribution is -0.120. The van der Waals surface area contributed by atoms with Crippen molar-refractivity contribution in [2.75, 3.05) is 19.0 Å². The van der Waals surface area contributed by atoms with Crippen LogP contribution < -0.4 is 20.7 Å². The summed E-state index contributed by atoms with van der Waals surface area (Å²) >= 11 is 0. The van der Waals surface area contributed by atoms with E-state index in [2.05, 4.69) is 20.9 Å². The summed E-state index contributed by atoms with van der Waals surface area (Å²) in [7, 11) is 1.29. The van der Waals surface area contributed by atoms with Gasteiger partial charge in [-0.05, 0) is 18.6 Å². The Kier molecular flexibility index (Phi) is 5.20. The topological polar surface area (TPSA) is 92.4 Å². The number of nitrogens with zero attached hydrogens (tertiary/aromatic N) is 1. The molecule has 0 unspecified atom stereocenters. The number of urea groups is 1. The van der Waals surface area contributed by atoms with Gasteiger partial charge in [0.15, 0.2) is 0 Å². The number of amides is 3. The Morgan fingerprint density at radius 3 is 2.59 bits per heavy atom. The van der Waals surface area contributed by atoms with Gasteiger partial charge in [-0.2, -0.15) is 0 Å². The van der Waals surface area contributed by atoms with Crippen LogP contribution in [0.1, 0.15) is 17.0 Å². The fraction of sp³-hybridized carbons (Fsp3) is 0.278. The molecule has 1 aromatic carbocycles. The number of ether oxygens (including phenoxy) is 1. The molecule has 1 aliphatic heterocycles. The van der Waals surface area contributed by atoms with Crippen LogP contribution in [-0.2, 0) is 4.79 Å². The minimum Gasteiger partial charge on any atom is -0.497 e. The first-order valence-electron chi connectivity index (χ1n) is 8.20. The molecule has 0 spiro atoms. The van der Waals surface area contributed by atoms with Crippen LogP contribution in [0.15, 0.2) is 30.5 Å². The lowest BCUT2D eigenvalue weighted by Gasteiger charge is -2.20. The highest BCUT2D eigenvalue weighted by Crippen LogP contribution is 2.31. The van der Waals surface area contributed by atoms with Gasteiger partial charge in [-0.3, -0.25) is 10.1 Å². The van der Waals surface area contributed by atoms with Gasteiger partial charge in [-0.25, -0.2) is 18.6 Å². The predicted molar refractivity (Wildman–Crippen MR) is 93.6 cm³/mol. The third-order valence-corrected chi connectivity index (χ3v) is 4.28. The number of aromatic nitrogens is 1. The summed E-state index contributed by atoms with van der Waals surface area (Å²) in [6.45, 7) is 1.84. The standard InChI is InChI=1S/C18H18F2N4O3/c1-9-3-4-14(21-7-9)23-18(26)24-16-11(8-22-17(16)25)15-12(19)5-10(27-2)6-13(15)20/h3-7,11,16H,8H2,1-2H3,(H,22,25)(H2,21,23,24,26)/t11-,16-/m0/s1. The lowest BCUT2D eigenvalue weighted by atomic mass is 9.93. The Hall–Kier alpha value is -3.23. The van der Waals surface area contributed by atoms with Crippen molar-refractivity contribution in [1.29, 1.82) is 0 Å². The summed E-state index contributed by atoms with van der Waals surface area (Å²) in [5.74, 6) is -2.81. The highest BCUT2D eigenvalue weighted by atomic mass is 19.1. The van der Waals surface area contributed by atoms with E-state index in [9.17, 15) is 18.4 Å². The maximum Gasteiger partial charge on any atom is 0.321 e. The van der Waals surface area contributed by atoms with Crippen molar-refractivity contribution in [3.05, 3.63) is 53.2 Å². The van der Waals surface area contributed by atoms with Crippen LogP contribution in [0, 0.1) is 18.6 Å². The van der Waals surface area contributed by atoms with Crippen molar-refractivity contribution in [2.24, 2.45) is 0 Å². The molecule has 27 heavy (non-hydrogen) atoms. The number of carbonyl (C=O) groups excluding carboxylic acids is 2. The molecule has 3 N–H and O–H groups in total. The molecule has 1 aliphatic rings. The summed E-state index contributed by atoms with van der Waals surface area (Å²) in [6, 6.07) is 3.60. The molecule has 2 heterocycles. The van der Waals surface area contributed by atoms with Crippen molar-refractivity contribution in [2.45, 2.75) is 18.9 Å². The van der Waals surface area contributed by atoms with Gasteiger partial charge in [0.2, 0.25) is 5.91 Å². The number of rotatable bonds is 4. The largest absolute Gasteiger partial charge is 0.497 e. The number of aryl methyl sites for hydroxylation is 1. The van der Waals surface area contributed by atoms with Crippen molar-refractivity contribution < 1.29 is 23.1 Å². The molecule has 0 radical (unpaired) electrons. The van der Waals surface area contributed by atoms with Crippen LogP contribution in [0.2, 0.25) is 0 Å². The molecular formula is C18H18F2N4O3. The van der Waals surface area contributed by atoms with Gasteiger partial charge in [-0.1, -0.05) is 6.07 Å². The summed E-state index contributed by atoms with van der Waals surface area (Å²) in [4.78, 5) is 28.3. The molecule has 1 saturated heterocycles. The van der Waals surface area contributed by atoms with Crippen LogP contribution in [0.4, 0.5) is 19.4 Å². The molecule has 2 atom stereocenters. The number of halogens is 2. The van der Waals surface area contributed by atoms with E-state index in [1.807, 2.05) is 6.92 Å². The second-order valence-corrected chi connectivity index (χ2v) is 6.15. The third kappa shape index (κ3) is 3.97. The van der Waals surface area contributed by atoms with Gasteiger partial charge < -0.3 is 15.4 Å². The third-order valence-electron chi connectivity index (χ3n) is 4.28. The van der Waals surface area contributed by atoms with E-state index in [1.54, 1.807) is 18.3 Å². The fourth-order valence-electron chi connectivity index (χ4n) is 2.92. The van der Waals surface area contributed by atoms with Crippen LogP contribution in [0.25, 0.3) is 0 Å². The number of hydrogen-bond acceptors (Lipinski definition) is 4. The average molecular weight is 376 g/mol. The molecular weight excluding hydrogens is 358 g/mol. The number of pyridine rings is 1. The maximum absolute atomic E-state index is 14.4. The lowest BCUT2D eigenvalue weighted by Crippen LogP contribution is -2.45. The van der Waals surface area contributed by atoms with Crippen molar-refractivity contribution in [3.8, 4) is 5.75 Å². The number of nitrogens with one attached hydrogen (secondary N) is 3. The summed E-state index contributed by atoms with van der Waals surface area (Å²) in [6.07, 6.45) is 1.57. The van der Waals surface area contributed by atoms with E-state index in [-0.39, 0.29) is 23.7 Å². The van der Waals surface area contributed by atoms with E-state index >= 15 is 0 Å². The molecule has 1 aromatic heterocycles. The Bertz CT molecular complexity index is 850. The molecule has 9 heteroatoms. The first-order valence-corrected chi connectivity index (χ1v) is 8.20. The van der Waals surface area contributed by atoms with Gasteiger partial charge in [0.25, 0.3) is 0 Å². The van der Waals surface area contributed by atoms with E-state index in [0.29, 0.717) is 0 Å². The zero-order chi connectivity index (χ0) is 19.6. The predicted octanol–water partition coefficient (Wildman–Crippen LogP) is 2.08. The van der Waals surface area contributed by atoms with E-state index in [0.717, 1.165) is 17.7 Å². The van der Waals surface area contributed by atoms with Crippen LogP contribution in [0.5, 0.6) is 5.75 Å². The molecule has 2 aromatic rings. The molecule has 3 amide bonds. The van der Waals surface area contributed by atoms with Gasteiger partial charge in [0, 0.05) is 36.4 Å². The highest BCUT2D eigenvalue weighted by Gasteiger charge is 2.40. The summed E-state index contributed by atoms with van der Waals surface area (Å²) in [5, 5.41) is 7.46. The van der Waals surface area contributed by atoms with Crippen molar-refractivity contribution in [1.82, 2.24) is 15.6 Å². The second-order valence-electron chi connectivity index (χ2n) is 6.15. The molecule has 0 aliphatic carbocycles. The van der Waals surface area contributed by atoms with Gasteiger partial charge >= 0.3 is 6.03 Å². The van der Waals surface area contributed by atoms with Gasteiger partial charge in [0.1, 0.15) is 29.2 Å². The number of methoxy groups -OCH3 is 1. The minimum atomic E-state index is -1.13. The Morgan fingerprint density at radius 2 is 2.00 bits per heavy atom. The Balaban J connectivity index is 1.78. The number of anilines is 1. The van der Waals surface area contributed by atoms with E-state index < -0.39 is 35.5 Å². The zero-order valence-electron chi connectivity index (χ0n) is 14.7. The molecule has 3 rings (SSSR count). The molecule has 0 bridgehead atoms.